The summed E-state index contributed by atoms with van der Waals surface area (Å²) in [6.07, 6.45) is 3.83. The second kappa shape index (κ2) is 7.25. The van der Waals surface area contributed by atoms with Gasteiger partial charge in [0, 0.05) is 17.5 Å². The van der Waals surface area contributed by atoms with Crippen molar-refractivity contribution >= 4 is 18.1 Å². The summed E-state index contributed by atoms with van der Waals surface area (Å²) in [7, 11) is 0. The van der Waals surface area contributed by atoms with E-state index in [4.69, 9.17) is 9.47 Å². The first-order chi connectivity index (χ1) is 12.8. The van der Waals surface area contributed by atoms with Crippen LogP contribution in [0.4, 0.5) is 0 Å². The van der Waals surface area contributed by atoms with Gasteiger partial charge in [0.2, 0.25) is 0 Å². The number of ether oxygens (including phenoxy) is 2. The molecule has 27 heavy (non-hydrogen) atoms. The van der Waals surface area contributed by atoms with Gasteiger partial charge in [0.05, 0.1) is 11.9 Å². The van der Waals surface area contributed by atoms with Crippen LogP contribution in [0, 0.1) is 0 Å². The molecule has 7 nitrogen and oxygen atoms in total. The van der Waals surface area contributed by atoms with Crippen molar-refractivity contribution in [2.45, 2.75) is 18.8 Å². The van der Waals surface area contributed by atoms with E-state index in [1.807, 2.05) is 22.7 Å². The van der Waals surface area contributed by atoms with Gasteiger partial charge in [-0.15, -0.1) is 12.4 Å². The molecule has 142 valence electrons. The van der Waals surface area contributed by atoms with Gasteiger partial charge in [-0.25, -0.2) is 4.52 Å². The summed E-state index contributed by atoms with van der Waals surface area (Å²) in [6.45, 7) is 3.04. The minimum absolute atomic E-state index is 0. The summed E-state index contributed by atoms with van der Waals surface area (Å²) in [5, 5.41) is 7.94. The lowest BCUT2D eigenvalue weighted by Gasteiger charge is -2.23. The van der Waals surface area contributed by atoms with E-state index in [1.165, 1.54) is 0 Å². The first-order valence-electron chi connectivity index (χ1n) is 9.01. The smallest absolute Gasteiger partial charge is 0.251 e. The predicted octanol–water partition coefficient (Wildman–Crippen LogP) is 2.35. The summed E-state index contributed by atoms with van der Waals surface area (Å²) in [6, 6.07) is 7.51. The van der Waals surface area contributed by atoms with Crippen LogP contribution in [0.3, 0.4) is 0 Å². The van der Waals surface area contributed by atoms with Crippen molar-refractivity contribution in [3.63, 3.8) is 0 Å². The number of H-pyrrole nitrogens is 1. The van der Waals surface area contributed by atoms with Crippen LogP contribution in [0.5, 0.6) is 11.5 Å². The van der Waals surface area contributed by atoms with Gasteiger partial charge in [0.15, 0.2) is 11.5 Å². The molecule has 4 heterocycles. The maximum Gasteiger partial charge on any atom is 0.251 e. The molecule has 0 unspecified atom stereocenters. The predicted molar refractivity (Wildman–Crippen MR) is 104 cm³/mol. The van der Waals surface area contributed by atoms with E-state index in [-0.39, 0.29) is 18.0 Å². The van der Waals surface area contributed by atoms with E-state index >= 15 is 0 Å². The molecule has 2 aliphatic rings. The molecule has 1 saturated heterocycles. The topological polar surface area (TPSA) is 80.7 Å². The van der Waals surface area contributed by atoms with Crippen LogP contribution in [0.15, 0.2) is 35.3 Å². The quantitative estimate of drug-likeness (QED) is 0.704. The highest BCUT2D eigenvalue weighted by molar-refractivity contribution is 5.85. The monoisotopic (exact) mass is 388 g/mol. The highest BCUT2D eigenvalue weighted by Gasteiger charge is 2.21. The Hall–Kier alpha value is -2.51. The van der Waals surface area contributed by atoms with Crippen molar-refractivity contribution in [2.24, 2.45) is 0 Å². The van der Waals surface area contributed by atoms with E-state index < -0.39 is 0 Å². The van der Waals surface area contributed by atoms with Crippen molar-refractivity contribution in [3.05, 3.63) is 46.5 Å². The molecule has 2 aliphatic heterocycles. The summed E-state index contributed by atoms with van der Waals surface area (Å²) < 4.78 is 13.2. The second-order valence-corrected chi connectivity index (χ2v) is 6.76. The molecule has 0 bridgehead atoms. The number of hydrogen-bond acceptors (Lipinski definition) is 5. The van der Waals surface area contributed by atoms with Crippen LogP contribution < -0.4 is 20.3 Å². The van der Waals surface area contributed by atoms with Crippen LogP contribution in [-0.4, -0.2) is 40.9 Å². The lowest BCUT2D eigenvalue weighted by molar-refractivity contribution is 0.171. The molecule has 0 saturated carbocycles. The van der Waals surface area contributed by atoms with Crippen LogP contribution in [0.2, 0.25) is 0 Å². The number of fused-ring (bicyclic) bond motifs is 2. The van der Waals surface area contributed by atoms with Crippen molar-refractivity contribution in [1.29, 1.82) is 0 Å². The Kier molecular flexibility index (Phi) is 4.80. The zero-order chi connectivity index (χ0) is 17.5. The molecule has 0 radical (unpaired) electrons. The second-order valence-electron chi connectivity index (χ2n) is 6.76. The normalized spacial score (nSPS) is 16.9. The standard InChI is InChI=1S/C19H20N4O3.ClH/c24-18-10-15(12-3-5-20-6-4-12)23-19(22-18)14(11-21-23)13-1-2-16-17(9-13)26-8-7-25-16;/h1-2,9-12,20H,3-8H2,(H,22,24);1H. The van der Waals surface area contributed by atoms with Gasteiger partial charge in [-0.05, 0) is 43.6 Å². The summed E-state index contributed by atoms with van der Waals surface area (Å²) in [5.74, 6) is 1.82. The van der Waals surface area contributed by atoms with E-state index in [2.05, 4.69) is 15.4 Å². The average molecular weight is 389 g/mol. The fourth-order valence-electron chi connectivity index (χ4n) is 3.84. The molecular weight excluding hydrogens is 368 g/mol. The molecule has 2 N–H and O–H groups in total. The number of nitrogens with one attached hydrogen (secondary N) is 2. The lowest BCUT2D eigenvalue weighted by atomic mass is 9.94. The molecule has 0 amide bonds. The summed E-state index contributed by atoms with van der Waals surface area (Å²) >= 11 is 0. The maximum atomic E-state index is 12.3. The minimum Gasteiger partial charge on any atom is -0.486 e. The van der Waals surface area contributed by atoms with Gasteiger partial charge in [0.1, 0.15) is 18.9 Å². The number of piperidine rings is 1. The molecule has 5 rings (SSSR count). The fourth-order valence-corrected chi connectivity index (χ4v) is 3.84. The fraction of sp³-hybridized carbons (Fsp3) is 0.368. The third kappa shape index (κ3) is 3.17. The third-order valence-electron chi connectivity index (χ3n) is 5.14. The Bertz CT molecular complexity index is 1020. The highest BCUT2D eigenvalue weighted by Crippen LogP contribution is 2.36. The van der Waals surface area contributed by atoms with Gasteiger partial charge in [-0.2, -0.15) is 5.10 Å². The van der Waals surface area contributed by atoms with Crippen molar-refractivity contribution < 1.29 is 9.47 Å². The summed E-state index contributed by atoms with van der Waals surface area (Å²) in [4.78, 5) is 15.3. The third-order valence-corrected chi connectivity index (χ3v) is 5.14. The van der Waals surface area contributed by atoms with Gasteiger partial charge >= 0.3 is 0 Å². The van der Waals surface area contributed by atoms with Crippen molar-refractivity contribution in [2.75, 3.05) is 26.3 Å². The Morgan fingerprint density at radius 3 is 2.67 bits per heavy atom. The molecule has 0 spiro atoms. The van der Waals surface area contributed by atoms with E-state index in [9.17, 15) is 4.79 Å². The van der Waals surface area contributed by atoms with E-state index in [0.717, 1.165) is 59.9 Å². The number of nitrogens with zero attached hydrogens (tertiary/aromatic N) is 2. The molecule has 0 atom stereocenters. The Morgan fingerprint density at radius 1 is 1.07 bits per heavy atom. The van der Waals surface area contributed by atoms with Crippen LogP contribution in [-0.2, 0) is 0 Å². The maximum absolute atomic E-state index is 12.3. The highest BCUT2D eigenvalue weighted by atomic mass is 35.5. The molecule has 3 aromatic rings. The molecule has 1 fully saturated rings. The van der Waals surface area contributed by atoms with Crippen LogP contribution in [0.25, 0.3) is 16.8 Å². The number of hydrogen-bond donors (Lipinski definition) is 2. The van der Waals surface area contributed by atoms with Crippen LogP contribution in [0.1, 0.15) is 24.5 Å². The van der Waals surface area contributed by atoms with Gasteiger partial charge < -0.3 is 19.8 Å². The SMILES string of the molecule is Cl.O=c1cc(C2CCNCC2)n2ncc(-c3ccc4c(c3)OCCO4)c2[nH]1. The Balaban J connectivity index is 0.00000180. The van der Waals surface area contributed by atoms with Crippen molar-refractivity contribution in [1.82, 2.24) is 19.9 Å². The largest absolute Gasteiger partial charge is 0.486 e. The summed E-state index contributed by atoms with van der Waals surface area (Å²) in [5.41, 5.74) is 3.44. The Morgan fingerprint density at radius 2 is 1.85 bits per heavy atom. The first kappa shape index (κ1) is 17.9. The number of rotatable bonds is 2. The molecule has 2 aromatic heterocycles. The number of benzene rings is 1. The zero-order valence-corrected chi connectivity index (χ0v) is 15.6. The number of aromatic amines is 1. The zero-order valence-electron chi connectivity index (χ0n) is 14.7. The molecular formula is C19H21ClN4O3. The van der Waals surface area contributed by atoms with Crippen LogP contribution >= 0.6 is 12.4 Å². The minimum atomic E-state index is -0.0923. The average Bonchev–Trinajstić information content (AvgIpc) is 3.11. The Labute approximate surface area is 162 Å². The van der Waals surface area contributed by atoms with E-state index in [1.54, 1.807) is 12.3 Å². The van der Waals surface area contributed by atoms with Crippen molar-refractivity contribution in [3.8, 4) is 22.6 Å². The first-order valence-corrected chi connectivity index (χ1v) is 9.01. The van der Waals surface area contributed by atoms with E-state index in [0.29, 0.717) is 19.1 Å². The molecule has 1 aromatic carbocycles. The number of halogens is 1. The van der Waals surface area contributed by atoms with Gasteiger partial charge in [-0.3, -0.25) is 4.79 Å². The number of aromatic nitrogens is 3. The van der Waals surface area contributed by atoms with Gasteiger partial charge in [0.25, 0.3) is 5.56 Å². The molecule has 8 heteroatoms. The lowest BCUT2D eigenvalue weighted by Crippen LogP contribution is -2.28. The molecule has 0 aliphatic carbocycles. The van der Waals surface area contributed by atoms with Gasteiger partial charge in [-0.1, -0.05) is 6.07 Å².